The Hall–Kier alpha value is -2.61. The number of nitrogens with one attached hydrogen (secondary N) is 1. The van der Waals surface area contributed by atoms with Crippen molar-refractivity contribution in [1.82, 2.24) is 10.2 Å². The van der Waals surface area contributed by atoms with Gasteiger partial charge in [0, 0.05) is 6.54 Å². The summed E-state index contributed by atoms with van der Waals surface area (Å²) in [6, 6.07) is 11.6. The van der Waals surface area contributed by atoms with Crippen LogP contribution in [-0.2, 0) is 6.42 Å². The van der Waals surface area contributed by atoms with E-state index >= 15 is 0 Å². The Morgan fingerprint density at radius 2 is 2.16 bits per heavy atom. The molecule has 0 saturated heterocycles. The van der Waals surface area contributed by atoms with Gasteiger partial charge in [-0.1, -0.05) is 18.2 Å². The van der Waals surface area contributed by atoms with E-state index in [1.54, 1.807) is 13.2 Å². The van der Waals surface area contributed by atoms with Crippen LogP contribution in [0.3, 0.4) is 0 Å². The quantitative estimate of drug-likeness (QED) is 0.883. The number of benzene rings is 1. The van der Waals surface area contributed by atoms with Gasteiger partial charge in [-0.25, -0.2) is 0 Å². The Morgan fingerprint density at radius 3 is 2.95 bits per heavy atom. The minimum absolute atomic E-state index is 0.495. The van der Waals surface area contributed by atoms with E-state index in [9.17, 15) is 0 Å². The number of hydrogen-bond donors (Lipinski definition) is 1. The summed E-state index contributed by atoms with van der Waals surface area (Å²) >= 11 is 0. The molecule has 0 unspecified atom stereocenters. The van der Waals surface area contributed by atoms with E-state index in [0.717, 1.165) is 17.7 Å². The number of nitriles is 1. The standard InChI is InChI=1S/C14H14N4O/c1-19-13-5-3-2-4-11(13)6-8-16-14-12(10-15)7-9-17-18-14/h2-5,7,9H,6,8H2,1H3,(H,16,18). The molecule has 0 aliphatic rings. The van der Waals surface area contributed by atoms with Crippen molar-refractivity contribution in [3.63, 3.8) is 0 Å². The summed E-state index contributed by atoms with van der Waals surface area (Å²) in [6.07, 6.45) is 2.29. The van der Waals surface area contributed by atoms with Crippen LogP contribution in [0.2, 0.25) is 0 Å². The maximum atomic E-state index is 8.94. The largest absolute Gasteiger partial charge is 0.496 e. The third-order valence-electron chi connectivity index (χ3n) is 2.72. The Morgan fingerprint density at radius 1 is 1.32 bits per heavy atom. The average Bonchev–Trinajstić information content (AvgIpc) is 2.48. The summed E-state index contributed by atoms with van der Waals surface area (Å²) < 4.78 is 5.28. The van der Waals surface area contributed by atoms with Gasteiger partial charge in [0.2, 0.25) is 0 Å². The molecule has 0 aliphatic carbocycles. The monoisotopic (exact) mass is 254 g/mol. The lowest BCUT2D eigenvalue weighted by atomic mass is 10.1. The van der Waals surface area contributed by atoms with Gasteiger partial charge < -0.3 is 10.1 Å². The predicted molar refractivity (Wildman–Crippen MR) is 71.9 cm³/mol. The van der Waals surface area contributed by atoms with Gasteiger partial charge in [-0.2, -0.15) is 10.4 Å². The first-order chi connectivity index (χ1) is 9.35. The first-order valence-electron chi connectivity index (χ1n) is 5.92. The number of nitrogens with zero attached hydrogens (tertiary/aromatic N) is 3. The van der Waals surface area contributed by atoms with Gasteiger partial charge >= 0.3 is 0 Å². The lowest BCUT2D eigenvalue weighted by molar-refractivity contribution is 0.410. The van der Waals surface area contributed by atoms with Crippen LogP contribution in [0.5, 0.6) is 5.75 Å². The van der Waals surface area contributed by atoms with E-state index in [2.05, 4.69) is 21.6 Å². The van der Waals surface area contributed by atoms with E-state index in [-0.39, 0.29) is 0 Å². The number of anilines is 1. The van der Waals surface area contributed by atoms with Crippen LogP contribution in [0.1, 0.15) is 11.1 Å². The van der Waals surface area contributed by atoms with Crippen LogP contribution in [-0.4, -0.2) is 23.9 Å². The highest BCUT2D eigenvalue weighted by Gasteiger charge is 2.04. The van der Waals surface area contributed by atoms with Crippen LogP contribution in [0, 0.1) is 11.3 Å². The summed E-state index contributed by atoms with van der Waals surface area (Å²) in [6.45, 7) is 0.660. The second kappa shape index (κ2) is 6.36. The van der Waals surface area contributed by atoms with Gasteiger partial charge in [-0.15, -0.1) is 5.10 Å². The van der Waals surface area contributed by atoms with Gasteiger partial charge in [-0.05, 0) is 24.1 Å². The summed E-state index contributed by atoms with van der Waals surface area (Å²) in [5.74, 6) is 1.38. The van der Waals surface area contributed by atoms with E-state index in [1.807, 2.05) is 24.3 Å². The zero-order valence-corrected chi connectivity index (χ0v) is 10.6. The van der Waals surface area contributed by atoms with Crippen molar-refractivity contribution in [2.24, 2.45) is 0 Å². The molecule has 0 aliphatic heterocycles. The molecule has 5 heteroatoms. The summed E-state index contributed by atoms with van der Waals surface area (Å²) in [7, 11) is 1.66. The van der Waals surface area contributed by atoms with E-state index in [0.29, 0.717) is 17.9 Å². The smallest absolute Gasteiger partial charge is 0.166 e. The fourth-order valence-corrected chi connectivity index (χ4v) is 1.78. The molecular formula is C14H14N4O. The molecule has 0 radical (unpaired) electrons. The lowest BCUT2D eigenvalue weighted by Gasteiger charge is -2.09. The second-order valence-electron chi connectivity index (χ2n) is 3.89. The van der Waals surface area contributed by atoms with Crippen molar-refractivity contribution >= 4 is 5.82 Å². The van der Waals surface area contributed by atoms with Crippen molar-refractivity contribution in [3.8, 4) is 11.8 Å². The maximum Gasteiger partial charge on any atom is 0.166 e. The van der Waals surface area contributed by atoms with Gasteiger partial charge in [-0.3, -0.25) is 0 Å². The molecule has 2 rings (SSSR count). The first-order valence-corrected chi connectivity index (χ1v) is 5.92. The maximum absolute atomic E-state index is 8.94. The normalized spacial score (nSPS) is 9.68. The van der Waals surface area contributed by atoms with Crippen molar-refractivity contribution in [2.45, 2.75) is 6.42 Å². The molecule has 0 atom stereocenters. The molecule has 1 heterocycles. The SMILES string of the molecule is COc1ccccc1CCNc1nnccc1C#N. The molecule has 0 amide bonds. The fourth-order valence-electron chi connectivity index (χ4n) is 1.78. The molecule has 0 saturated carbocycles. The number of ether oxygens (including phenoxy) is 1. The average molecular weight is 254 g/mol. The van der Waals surface area contributed by atoms with Gasteiger partial charge in [0.1, 0.15) is 11.8 Å². The van der Waals surface area contributed by atoms with Crippen molar-refractivity contribution in [1.29, 1.82) is 5.26 Å². The number of aromatic nitrogens is 2. The van der Waals surface area contributed by atoms with Gasteiger partial charge in [0.15, 0.2) is 5.82 Å². The van der Waals surface area contributed by atoms with E-state index in [4.69, 9.17) is 10.00 Å². The Bertz CT molecular complexity index is 592. The Balaban J connectivity index is 1.99. The zero-order valence-electron chi connectivity index (χ0n) is 10.6. The highest BCUT2D eigenvalue weighted by Crippen LogP contribution is 2.18. The molecule has 19 heavy (non-hydrogen) atoms. The Kier molecular flexibility index (Phi) is 4.29. The molecule has 0 spiro atoms. The molecule has 1 aromatic heterocycles. The molecule has 2 aromatic rings. The minimum Gasteiger partial charge on any atom is -0.496 e. The molecule has 5 nitrogen and oxygen atoms in total. The van der Waals surface area contributed by atoms with Crippen LogP contribution >= 0.6 is 0 Å². The summed E-state index contributed by atoms with van der Waals surface area (Å²) in [5, 5.41) is 19.7. The second-order valence-corrected chi connectivity index (χ2v) is 3.89. The van der Waals surface area contributed by atoms with Crippen molar-refractivity contribution in [3.05, 3.63) is 47.7 Å². The Labute approximate surface area is 111 Å². The lowest BCUT2D eigenvalue weighted by Crippen LogP contribution is -2.09. The number of rotatable bonds is 5. The first kappa shape index (κ1) is 12.8. The van der Waals surface area contributed by atoms with Crippen LogP contribution in [0.15, 0.2) is 36.5 Å². The fraction of sp³-hybridized carbons (Fsp3) is 0.214. The van der Waals surface area contributed by atoms with Gasteiger partial charge in [0.05, 0.1) is 18.9 Å². The third-order valence-corrected chi connectivity index (χ3v) is 2.72. The predicted octanol–water partition coefficient (Wildman–Crippen LogP) is 2.01. The van der Waals surface area contributed by atoms with Gasteiger partial charge in [0.25, 0.3) is 0 Å². The van der Waals surface area contributed by atoms with Crippen molar-refractivity contribution in [2.75, 3.05) is 19.0 Å². The summed E-state index contributed by atoms with van der Waals surface area (Å²) in [5.41, 5.74) is 1.61. The summed E-state index contributed by atoms with van der Waals surface area (Å²) in [4.78, 5) is 0. The number of hydrogen-bond acceptors (Lipinski definition) is 5. The third kappa shape index (κ3) is 3.19. The zero-order chi connectivity index (χ0) is 13.5. The van der Waals surface area contributed by atoms with Crippen molar-refractivity contribution < 1.29 is 4.74 Å². The van der Waals surface area contributed by atoms with Crippen LogP contribution < -0.4 is 10.1 Å². The molecule has 96 valence electrons. The number of methoxy groups -OCH3 is 1. The van der Waals surface area contributed by atoms with Crippen LogP contribution in [0.4, 0.5) is 5.82 Å². The molecule has 1 aromatic carbocycles. The minimum atomic E-state index is 0.495. The topological polar surface area (TPSA) is 70.8 Å². The molecule has 1 N–H and O–H groups in total. The number of para-hydroxylation sites is 1. The molecule has 0 fully saturated rings. The van der Waals surface area contributed by atoms with E-state index < -0.39 is 0 Å². The highest BCUT2D eigenvalue weighted by atomic mass is 16.5. The molecule has 0 bridgehead atoms. The van der Waals surface area contributed by atoms with E-state index in [1.165, 1.54) is 6.20 Å². The molecular weight excluding hydrogens is 240 g/mol. The van der Waals surface area contributed by atoms with Crippen LogP contribution in [0.25, 0.3) is 0 Å². The highest BCUT2D eigenvalue weighted by molar-refractivity contribution is 5.50.